The minimum atomic E-state index is -1.11. The summed E-state index contributed by atoms with van der Waals surface area (Å²) in [5.41, 5.74) is 2.27. The van der Waals surface area contributed by atoms with Crippen LogP contribution in [0, 0.1) is 0 Å². The van der Waals surface area contributed by atoms with Gasteiger partial charge >= 0.3 is 5.97 Å². The molecule has 3 nitrogen and oxygen atoms in total. The molecule has 0 atom stereocenters. The maximum Gasteiger partial charge on any atom is 0.347 e. The Balaban J connectivity index is 0.00000176. The summed E-state index contributed by atoms with van der Waals surface area (Å²) in [7, 11) is 2.05. The van der Waals surface area contributed by atoms with E-state index in [1.165, 1.54) is 0 Å². The summed E-state index contributed by atoms with van der Waals surface area (Å²) in [6.07, 6.45) is 2.44. The van der Waals surface area contributed by atoms with Crippen LogP contribution in [0.5, 0.6) is 0 Å². The number of carboxylic acids is 1. The van der Waals surface area contributed by atoms with E-state index < -0.39 is 5.97 Å². The van der Waals surface area contributed by atoms with Gasteiger partial charge in [0.15, 0.2) is 0 Å². The molecular weight excluding hydrogens is 365 g/mol. The first kappa shape index (κ1) is 17.6. The number of hydrogen-bond acceptors (Lipinski definition) is 3. The van der Waals surface area contributed by atoms with E-state index in [4.69, 9.17) is 28.3 Å². The van der Waals surface area contributed by atoms with Gasteiger partial charge in [0.1, 0.15) is 5.03 Å². The maximum atomic E-state index is 11.0. The molecular formula is C15H14Cl3NO2S. The highest BCUT2D eigenvalue weighted by atomic mass is 35.5. The van der Waals surface area contributed by atoms with Crippen molar-refractivity contribution < 1.29 is 9.90 Å². The molecule has 1 aromatic carbocycles. The van der Waals surface area contributed by atoms with E-state index in [2.05, 4.69) is 11.9 Å². The minimum absolute atomic E-state index is 0. The first-order chi connectivity index (χ1) is 9.97. The normalized spacial score (nSPS) is 15.5. The highest BCUT2D eigenvalue weighted by Crippen LogP contribution is 2.40. The van der Waals surface area contributed by atoms with Gasteiger partial charge in [-0.05, 0) is 42.8 Å². The van der Waals surface area contributed by atoms with Gasteiger partial charge in [-0.15, -0.1) is 23.7 Å². The van der Waals surface area contributed by atoms with Crippen LogP contribution in [0.3, 0.4) is 0 Å². The number of hydrogen-bond donors (Lipinski definition) is 1. The molecule has 7 heteroatoms. The van der Waals surface area contributed by atoms with E-state index in [0.717, 1.165) is 50.6 Å². The summed E-state index contributed by atoms with van der Waals surface area (Å²) in [4.78, 5) is 14.1. The zero-order valence-corrected chi connectivity index (χ0v) is 14.9. The molecule has 118 valence electrons. The van der Waals surface area contributed by atoms with Crippen molar-refractivity contribution in [1.29, 1.82) is 0 Å². The number of benzene rings is 1. The lowest BCUT2D eigenvalue weighted by atomic mass is 10.0. The van der Waals surface area contributed by atoms with Gasteiger partial charge < -0.3 is 10.0 Å². The van der Waals surface area contributed by atoms with Crippen LogP contribution in [0.15, 0.2) is 17.2 Å². The third-order valence-electron chi connectivity index (χ3n) is 3.67. The Morgan fingerprint density at radius 3 is 2.82 bits per heavy atom. The lowest BCUT2D eigenvalue weighted by molar-refractivity contribution is -0.131. The van der Waals surface area contributed by atoms with E-state index in [0.29, 0.717) is 0 Å². The van der Waals surface area contributed by atoms with Crippen molar-refractivity contribution >= 4 is 69.1 Å². The Morgan fingerprint density at radius 2 is 2.14 bits per heavy atom. The van der Waals surface area contributed by atoms with Crippen molar-refractivity contribution in [2.75, 3.05) is 13.6 Å². The largest absolute Gasteiger partial charge is 0.477 e. The second-order valence-corrected chi connectivity index (χ2v) is 7.03. The van der Waals surface area contributed by atoms with Crippen LogP contribution >= 0.6 is 46.9 Å². The molecule has 0 aliphatic carbocycles. The van der Waals surface area contributed by atoms with Gasteiger partial charge in [-0.1, -0.05) is 23.2 Å². The van der Waals surface area contributed by atoms with E-state index in [-0.39, 0.29) is 17.4 Å². The summed E-state index contributed by atoms with van der Waals surface area (Å²) >= 11 is 13.7. The van der Waals surface area contributed by atoms with Gasteiger partial charge in [0.25, 0.3) is 0 Å². The molecule has 3 rings (SSSR count). The Morgan fingerprint density at radius 1 is 1.41 bits per heavy atom. The molecule has 1 N–H and O–H groups in total. The summed E-state index contributed by atoms with van der Waals surface area (Å²) in [5.74, 6) is -1.11. The van der Waals surface area contributed by atoms with Gasteiger partial charge in [0.2, 0.25) is 0 Å². The van der Waals surface area contributed by atoms with Gasteiger partial charge in [0.05, 0.1) is 0 Å². The quantitative estimate of drug-likeness (QED) is 0.775. The van der Waals surface area contributed by atoms with Crippen molar-refractivity contribution in [1.82, 2.24) is 4.90 Å². The predicted octanol–water partition coefficient (Wildman–Crippen LogP) is 4.63. The third-order valence-corrected chi connectivity index (χ3v) is 5.44. The van der Waals surface area contributed by atoms with Crippen LogP contribution in [0.2, 0.25) is 5.02 Å². The monoisotopic (exact) mass is 377 g/mol. The Kier molecular flexibility index (Phi) is 5.41. The smallest absolute Gasteiger partial charge is 0.347 e. The lowest BCUT2D eigenvalue weighted by Gasteiger charge is -2.13. The molecule has 0 radical (unpaired) electrons. The topological polar surface area (TPSA) is 40.5 Å². The zero-order valence-electron chi connectivity index (χ0n) is 11.7. The SMILES string of the molecule is CN1CCc2c(Cl)ccc3sc(/C=C(\Cl)C(=O)O)c(c23)C1.Cl. The molecule has 1 aliphatic rings. The van der Waals surface area contributed by atoms with Crippen LogP contribution in [0.4, 0.5) is 0 Å². The molecule has 2 aromatic rings. The lowest BCUT2D eigenvalue weighted by Crippen LogP contribution is -2.18. The van der Waals surface area contributed by atoms with E-state index in [1.54, 1.807) is 17.4 Å². The van der Waals surface area contributed by atoms with Crippen LogP contribution in [0.1, 0.15) is 16.0 Å². The Labute approximate surface area is 148 Å². The Hall–Kier alpha value is -0.780. The molecule has 22 heavy (non-hydrogen) atoms. The Bertz CT molecular complexity index is 770. The summed E-state index contributed by atoms with van der Waals surface area (Å²) in [6, 6.07) is 3.91. The van der Waals surface area contributed by atoms with Gasteiger partial charge in [-0.2, -0.15) is 0 Å². The number of carboxylic acid groups (broad SMARTS) is 1. The second-order valence-electron chi connectivity index (χ2n) is 5.13. The molecule has 0 saturated carbocycles. The number of thiophene rings is 1. The van der Waals surface area contributed by atoms with Crippen LogP contribution in [-0.4, -0.2) is 29.6 Å². The average Bonchev–Trinajstić information content (AvgIpc) is 2.64. The van der Waals surface area contributed by atoms with Crippen molar-refractivity contribution in [2.45, 2.75) is 13.0 Å². The highest BCUT2D eigenvalue weighted by molar-refractivity contribution is 7.20. The van der Waals surface area contributed by atoms with Gasteiger partial charge in [0, 0.05) is 33.1 Å². The average molecular weight is 379 g/mol. The van der Waals surface area contributed by atoms with E-state index in [1.807, 2.05) is 12.1 Å². The number of rotatable bonds is 2. The molecule has 1 aliphatic heterocycles. The third kappa shape index (κ3) is 3.12. The van der Waals surface area contributed by atoms with Crippen LogP contribution in [0.25, 0.3) is 16.2 Å². The highest BCUT2D eigenvalue weighted by Gasteiger charge is 2.21. The number of aliphatic carboxylic acids is 1. The minimum Gasteiger partial charge on any atom is -0.477 e. The first-order valence-corrected chi connectivity index (χ1v) is 8.06. The van der Waals surface area contributed by atoms with E-state index >= 15 is 0 Å². The van der Waals surface area contributed by atoms with Crippen molar-refractivity contribution in [2.24, 2.45) is 0 Å². The van der Waals surface area contributed by atoms with E-state index in [9.17, 15) is 4.79 Å². The molecule has 0 unspecified atom stereocenters. The predicted molar refractivity (Wildman–Crippen MR) is 95.6 cm³/mol. The molecule has 0 amide bonds. The zero-order chi connectivity index (χ0) is 15.1. The number of halogens is 3. The summed E-state index contributed by atoms with van der Waals surface area (Å²) in [5, 5.41) is 10.7. The first-order valence-electron chi connectivity index (χ1n) is 6.49. The standard InChI is InChI=1S/C15H13Cl2NO2S.ClH/c1-18-5-4-8-10(16)2-3-12-14(8)9(7-18)13(21-12)6-11(17)15(19)20;/h2-3,6H,4-5,7H2,1H3,(H,19,20);1H/b11-6-;. The molecule has 2 heterocycles. The molecule has 0 fully saturated rings. The molecule has 1 aromatic heterocycles. The maximum absolute atomic E-state index is 11.0. The second kappa shape index (κ2) is 6.77. The molecule has 0 saturated heterocycles. The van der Waals surface area contributed by atoms with Gasteiger partial charge in [-0.25, -0.2) is 4.79 Å². The molecule has 0 bridgehead atoms. The fraction of sp³-hybridized carbons (Fsp3) is 0.267. The van der Waals surface area contributed by atoms with Crippen molar-refractivity contribution in [3.63, 3.8) is 0 Å². The van der Waals surface area contributed by atoms with Crippen molar-refractivity contribution in [3.8, 4) is 0 Å². The van der Waals surface area contributed by atoms with Crippen molar-refractivity contribution in [3.05, 3.63) is 38.2 Å². The number of nitrogens with zero attached hydrogens (tertiary/aromatic N) is 1. The number of likely N-dealkylation sites (N-methyl/N-ethyl adjacent to an activating group) is 1. The fourth-order valence-corrected chi connectivity index (χ4v) is 4.28. The molecule has 0 spiro atoms. The van der Waals surface area contributed by atoms with Gasteiger partial charge in [-0.3, -0.25) is 0 Å². The summed E-state index contributed by atoms with van der Waals surface area (Å²) < 4.78 is 1.13. The number of carbonyl (C=O) groups is 1. The summed E-state index contributed by atoms with van der Waals surface area (Å²) in [6.45, 7) is 1.69. The fourth-order valence-electron chi connectivity index (χ4n) is 2.67. The van der Waals surface area contributed by atoms with Crippen LogP contribution in [-0.2, 0) is 17.8 Å². The van der Waals surface area contributed by atoms with Crippen LogP contribution < -0.4 is 0 Å².